The van der Waals surface area contributed by atoms with Crippen LogP contribution in [0.2, 0.25) is 5.02 Å². The number of halogens is 1. The molecule has 1 heterocycles. The van der Waals surface area contributed by atoms with Crippen molar-refractivity contribution in [2.75, 3.05) is 18.4 Å². The fourth-order valence-corrected chi connectivity index (χ4v) is 3.60. The van der Waals surface area contributed by atoms with Crippen molar-refractivity contribution in [1.29, 1.82) is 0 Å². The molecule has 3 rings (SSSR count). The topological polar surface area (TPSA) is 32.3 Å². The molecule has 1 aliphatic rings. The predicted octanol–water partition coefficient (Wildman–Crippen LogP) is 4.81. The number of benzene rings is 2. The van der Waals surface area contributed by atoms with Gasteiger partial charge in [-0.1, -0.05) is 47.5 Å². The fraction of sp³-hybridized carbons (Fsp3) is 0.381. The Hall–Kier alpha value is -1.84. The van der Waals surface area contributed by atoms with Gasteiger partial charge >= 0.3 is 0 Å². The second kappa shape index (κ2) is 8.03. The summed E-state index contributed by atoms with van der Waals surface area (Å²) in [4.78, 5) is 15.0. The summed E-state index contributed by atoms with van der Waals surface area (Å²) in [6.07, 6.45) is 1.78. The summed E-state index contributed by atoms with van der Waals surface area (Å²) in [6, 6.07) is 14.1. The molecule has 1 fully saturated rings. The number of carbonyl (C=O) groups excluding carboxylic acids is 1. The Bertz CT molecular complexity index is 751. The maximum atomic E-state index is 12.6. The Kier molecular flexibility index (Phi) is 5.77. The molecule has 1 saturated heterocycles. The van der Waals surface area contributed by atoms with Gasteiger partial charge in [0.2, 0.25) is 5.91 Å². The second-order valence-corrected chi connectivity index (χ2v) is 7.36. The lowest BCUT2D eigenvalue weighted by molar-refractivity contribution is -0.121. The minimum Gasteiger partial charge on any atom is -0.326 e. The van der Waals surface area contributed by atoms with Crippen LogP contribution < -0.4 is 5.32 Å². The van der Waals surface area contributed by atoms with E-state index in [-0.39, 0.29) is 11.8 Å². The van der Waals surface area contributed by atoms with E-state index in [9.17, 15) is 4.79 Å². The summed E-state index contributed by atoms with van der Waals surface area (Å²) >= 11 is 6.25. The zero-order valence-corrected chi connectivity index (χ0v) is 15.6. The monoisotopic (exact) mass is 356 g/mol. The third-order valence-electron chi connectivity index (χ3n) is 4.95. The van der Waals surface area contributed by atoms with Crippen LogP contribution in [0.15, 0.2) is 42.5 Å². The molecule has 2 aromatic carbocycles. The molecule has 0 aromatic heterocycles. The lowest BCUT2D eigenvalue weighted by atomic mass is 9.95. The predicted molar refractivity (Wildman–Crippen MR) is 104 cm³/mol. The van der Waals surface area contributed by atoms with Gasteiger partial charge in [-0.05, 0) is 63.0 Å². The number of nitrogens with zero attached hydrogens (tertiary/aromatic N) is 1. The molecule has 3 nitrogen and oxygen atoms in total. The SMILES string of the molecule is Cc1ccc(NC(=O)C2CCN(Cc3ccccc3Cl)CC2)c(C)c1. The lowest BCUT2D eigenvalue weighted by Gasteiger charge is -2.31. The van der Waals surface area contributed by atoms with E-state index < -0.39 is 0 Å². The number of rotatable bonds is 4. The number of likely N-dealkylation sites (tertiary alicyclic amines) is 1. The van der Waals surface area contributed by atoms with E-state index in [0.29, 0.717) is 0 Å². The molecule has 4 heteroatoms. The standard InChI is InChI=1S/C21H25ClN2O/c1-15-7-8-20(16(2)13-15)23-21(25)17-9-11-24(12-10-17)14-18-5-3-4-6-19(18)22/h3-8,13,17H,9-12,14H2,1-2H3,(H,23,25). The number of anilines is 1. The van der Waals surface area contributed by atoms with Crippen LogP contribution in [0.3, 0.4) is 0 Å². The average molecular weight is 357 g/mol. The number of amides is 1. The quantitative estimate of drug-likeness (QED) is 0.852. The van der Waals surface area contributed by atoms with E-state index in [1.807, 2.05) is 37.3 Å². The molecule has 0 aliphatic carbocycles. The van der Waals surface area contributed by atoms with E-state index in [1.54, 1.807) is 0 Å². The van der Waals surface area contributed by atoms with E-state index >= 15 is 0 Å². The van der Waals surface area contributed by atoms with Gasteiger partial charge in [-0.3, -0.25) is 9.69 Å². The van der Waals surface area contributed by atoms with Gasteiger partial charge in [0, 0.05) is 23.2 Å². The van der Waals surface area contributed by atoms with E-state index in [2.05, 4.69) is 29.3 Å². The Morgan fingerprint density at radius 1 is 1.16 bits per heavy atom. The van der Waals surface area contributed by atoms with E-state index in [0.717, 1.165) is 54.3 Å². The Morgan fingerprint density at radius 2 is 1.88 bits per heavy atom. The first-order chi connectivity index (χ1) is 12.0. The van der Waals surface area contributed by atoms with Gasteiger partial charge in [-0.2, -0.15) is 0 Å². The fourth-order valence-electron chi connectivity index (χ4n) is 3.41. The molecule has 0 bridgehead atoms. The van der Waals surface area contributed by atoms with Gasteiger partial charge < -0.3 is 5.32 Å². The molecule has 0 atom stereocenters. The molecular weight excluding hydrogens is 332 g/mol. The van der Waals surface area contributed by atoms with Gasteiger partial charge in [0.25, 0.3) is 0 Å². The Morgan fingerprint density at radius 3 is 2.56 bits per heavy atom. The van der Waals surface area contributed by atoms with Crippen LogP contribution in [0.25, 0.3) is 0 Å². The van der Waals surface area contributed by atoms with Gasteiger partial charge in [-0.15, -0.1) is 0 Å². The molecule has 0 radical (unpaired) electrons. The summed E-state index contributed by atoms with van der Waals surface area (Å²) in [7, 11) is 0. The van der Waals surface area contributed by atoms with Crippen molar-refractivity contribution < 1.29 is 4.79 Å². The van der Waals surface area contributed by atoms with Crippen molar-refractivity contribution in [1.82, 2.24) is 4.90 Å². The van der Waals surface area contributed by atoms with E-state index in [4.69, 9.17) is 11.6 Å². The van der Waals surface area contributed by atoms with Gasteiger partial charge in [0.1, 0.15) is 0 Å². The first-order valence-electron chi connectivity index (χ1n) is 8.87. The van der Waals surface area contributed by atoms with Crippen LogP contribution in [-0.2, 0) is 11.3 Å². The Balaban J connectivity index is 1.53. The number of piperidine rings is 1. The zero-order chi connectivity index (χ0) is 17.8. The first kappa shape index (κ1) is 18.0. The van der Waals surface area contributed by atoms with Crippen molar-refractivity contribution in [3.05, 3.63) is 64.2 Å². The molecule has 25 heavy (non-hydrogen) atoms. The smallest absolute Gasteiger partial charge is 0.227 e. The largest absolute Gasteiger partial charge is 0.326 e. The summed E-state index contributed by atoms with van der Waals surface area (Å²) in [6.45, 7) is 6.81. The van der Waals surface area contributed by atoms with Crippen LogP contribution in [0, 0.1) is 19.8 Å². The van der Waals surface area contributed by atoms with Crippen molar-refractivity contribution in [2.45, 2.75) is 33.2 Å². The molecule has 1 N–H and O–H groups in total. The third kappa shape index (κ3) is 4.62. The summed E-state index contributed by atoms with van der Waals surface area (Å²) in [5, 5.41) is 3.92. The lowest BCUT2D eigenvalue weighted by Crippen LogP contribution is -2.37. The normalized spacial score (nSPS) is 16.0. The van der Waals surface area contributed by atoms with Crippen LogP contribution in [-0.4, -0.2) is 23.9 Å². The highest BCUT2D eigenvalue weighted by molar-refractivity contribution is 6.31. The molecule has 0 saturated carbocycles. The second-order valence-electron chi connectivity index (χ2n) is 6.95. The van der Waals surface area contributed by atoms with Crippen LogP contribution in [0.5, 0.6) is 0 Å². The number of hydrogen-bond donors (Lipinski definition) is 1. The molecule has 1 aliphatic heterocycles. The van der Waals surface area contributed by atoms with Gasteiger partial charge in [0.15, 0.2) is 0 Å². The van der Waals surface area contributed by atoms with Crippen LogP contribution in [0.1, 0.15) is 29.5 Å². The molecule has 0 unspecified atom stereocenters. The van der Waals surface area contributed by atoms with Crippen molar-refractivity contribution in [3.8, 4) is 0 Å². The van der Waals surface area contributed by atoms with Crippen molar-refractivity contribution in [3.63, 3.8) is 0 Å². The highest BCUT2D eigenvalue weighted by Gasteiger charge is 2.25. The minimum absolute atomic E-state index is 0.0863. The highest BCUT2D eigenvalue weighted by atomic mass is 35.5. The third-order valence-corrected chi connectivity index (χ3v) is 5.32. The number of aryl methyl sites for hydroxylation is 2. The molecule has 2 aromatic rings. The Labute approximate surface area is 155 Å². The van der Waals surface area contributed by atoms with E-state index in [1.165, 1.54) is 5.56 Å². The van der Waals surface area contributed by atoms with Gasteiger partial charge in [0.05, 0.1) is 0 Å². The molecule has 132 valence electrons. The molecule has 1 amide bonds. The average Bonchev–Trinajstić information content (AvgIpc) is 2.60. The van der Waals surface area contributed by atoms with Crippen LogP contribution >= 0.6 is 11.6 Å². The number of hydrogen-bond acceptors (Lipinski definition) is 2. The van der Waals surface area contributed by atoms with Gasteiger partial charge in [-0.25, -0.2) is 0 Å². The van der Waals surface area contributed by atoms with Crippen molar-refractivity contribution >= 4 is 23.2 Å². The highest BCUT2D eigenvalue weighted by Crippen LogP contribution is 2.24. The molecular formula is C21H25ClN2O. The number of nitrogens with one attached hydrogen (secondary N) is 1. The minimum atomic E-state index is 0.0863. The van der Waals surface area contributed by atoms with Crippen molar-refractivity contribution in [2.24, 2.45) is 5.92 Å². The maximum Gasteiger partial charge on any atom is 0.227 e. The summed E-state index contributed by atoms with van der Waals surface area (Å²) in [5.41, 5.74) is 4.41. The maximum absolute atomic E-state index is 12.6. The number of carbonyl (C=O) groups is 1. The first-order valence-corrected chi connectivity index (χ1v) is 9.24. The zero-order valence-electron chi connectivity index (χ0n) is 14.9. The van der Waals surface area contributed by atoms with Crippen LogP contribution in [0.4, 0.5) is 5.69 Å². The summed E-state index contributed by atoms with van der Waals surface area (Å²) in [5.74, 6) is 0.229. The summed E-state index contributed by atoms with van der Waals surface area (Å²) < 4.78 is 0. The molecule has 0 spiro atoms.